The van der Waals surface area contributed by atoms with Crippen molar-refractivity contribution in [3.8, 4) is 5.75 Å². The lowest BCUT2D eigenvalue weighted by Gasteiger charge is -2.16. The summed E-state index contributed by atoms with van der Waals surface area (Å²) >= 11 is 0. The largest absolute Gasteiger partial charge is 0.412 e. The fourth-order valence-electron chi connectivity index (χ4n) is 2.87. The fraction of sp³-hybridized carbons (Fsp3) is 0.278. The highest BCUT2D eigenvalue weighted by molar-refractivity contribution is 5.70. The van der Waals surface area contributed by atoms with Crippen LogP contribution in [0.15, 0.2) is 54.6 Å². The van der Waals surface area contributed by atoms with Crippen molar-refractivity contribution in [2.24, 2.45) is 0 Å². The SMILES string of the molecule is O=C(NC1CCN(Cc2ccccc2)C1)Oc1ccc([N+](=O)[O-])cc1. The van der Waals surface area contributed by atoms with Crippen molar-refractivity contribution < 1.29 is 14.5 Å². The highest BCUT2D eigenvalue weighted by Crippen LogP contribution is 2.18. The summed E-state index contributed by atoms with van der Waals surface area (Å²) in [5.41, 5.74) is 1.21. The second kappa shape index (κ2) is 7.76. The minimum atomic E-state index is -0.541. The van der Waals surface area contributed by atoms with Crippen LogP contribution in [0.2, 0.25) is 0 Å². The topological polar surface area (TPSA) is 84.7 Å². The van der Waals surface area contributed by atoms with Crippen LogP contribution >= 0.6 is 0 Å². The number of nitro benzene ring substituents is 1. The van der Waals surface area contributed by atoms with Crippen LogP contribution in [0.4, 0.5) is 10.5 Å². The smallest absolute Gasteiger partial charge is 0.410 e. The molecule has 1 N–H and O–H groups in total. The molecule has 0 bridgehead atoms. The van der Waals surface area contributed by atoms with Gasteiger partial charge in [0, 0.05) is 37.8 Å². The van der Waals surface area contributed by atoms with E-state index in [0.717, 1.165) is 26.1 Å². The molecule has 1 aliphatic heterocycles. The van der Waals surface area contributed by atoms with E-state index in [9.17, 15) is 14.9 Å². The lowest BCUT2D eigenvalue weighted by molar-refractivity contribution is -0.384. The van der Waals surface area contributed by atoms with Gasteiger partial charge in [-0.3, -0.25) is 15.0 Å². The molecule has 1 heterocycles. The molecule has 130 valence electrons. The predicted molar refractivity (Wildman–Crippen MR) is 92.4 cm³/mol. The molecule has 1 aliphatic rings. The summed E-state index contributed by atoms with van der Waals surface area (Å²) in [5.74, 6) is 0.280. The molecule has 0 spiro atoms. The number of carbonyl (C=O) groups excluding carboxylic acids is 1. The maximum atomic E-state index is 12.0. The second-order valence-electron chi connectivity index (χ2n) is 5.99. The van der Waals surface area contributed by atoms with Gasteiger partial charge in [-0.05, 0) is 24.1 Å². The molecule has 0 aromatic heterocycles. The second-order valence-corrected chi connectivity index (χ2v) is 5.99. The molecule has 0 saturated carbocycles. The number of nitro groups is 1. The van der Waals surface area contributed by atoms with Crippen molar-refractivity contribution in [2.45, 2.75) is 19.0 Å². The molecule has 0 radical (unpaired) electrons. The maximum Gasteiger partial charge on any atom is 0.412 e. The van der Waals surface area contributed by atoms with Crippen LogP contribution in [0.5, 0.6) is 5.75 Å². The summed E-state index contributed by atoms with van der Waals surface area (Å²) in [6.07, 6.45) is 0.322. The molecule has 25 heavy (non-hydrogen) atoms. The Morgan fingerprint density at radius 1 is 1.20 bits per heavy atom. The lowest BCUT2D eigenvalue weighted by Crippen LogP contribution is -2.38. The minimum Gasteiger partial charge on any atom is -0.410 e. The first-order valence-corrected chi connectivity index (χ1v) is 8.09. The van der Waals surface area contributed by atoms with E-state index in [1.807, 2.05) is 18.2 Å². The van der Waals surface area contributed by atoms with Crippen molar-refractivity contribution >= 4 is 11.8 Å². The normalized spacial score (nSPS) is 17.2. The number of amides is 1. The zero-order valence-electron chi connectivity index (χ0n) is 13.6. The quantitative estimate of drug-likeness (QED) is 0.667. The van der Waals surface area contributed by atoms with Crippen molar-refractivity contribution in [1.82, 2.24) is 10.2 Å². The third kappa shape index (κ3) is 4.77. The van der Waals surface area contributed by atoms with Gasteiger partial charge in [-0.2, -0.15) is 0 Å². The van der Waals surface area contributed by atoms with E-state index in [2.05, 4.69) is 22.3 Å². The van der Waals surface area contributed by atoms with Crippen LogP contribution in [0, 0.1) is 10.1 Å². The van der Waals surface area contributed by atoms with Gasteiger partial charge in [0.2, 0.25) is 0 Å². The number of rotatable bonds is 5. The van der Waals surface area contributed by atoms with Gasteiger partial charge in [-0.15, -0.1) is 0 Å². The predicted octanol–water partition coefficient (Wildman–Crippen LogP) is 2.96. The van der Waals surface area contributed by atoms with Crippen molar-refractivity contribution in [3.63, 3.8) is 0 Å². The van der Waals surface area contributed by atoms with E-state index in [1.54, 1.807) is 0 Å². The van der Waals surface area contributed by atoms with Crippen LogP contribution in [-0.4, -0.2) is 35.0 Å². The molecule has 1 unspecified atom stereocenters. The van der Waals surface area contributed by atoms with E-state index in [1.165, 1.54) is 29.8 Å². The van der Waals surface area contributed by atoms with E-state index >= 15 is 0 Å². The number of likely N-dealkylation sites (tertiary alicyclic amines) is 1. The molecule has 1 amide bonds. The lowest BCUT2D eigenvalue weighted by atomic mass is 10.2. The fourth-order valence-corrected chi connectivity index (χ4v) is 2.87. The summed E-state index contributed by atoms with van der Waals surface area (Å²) in [4.78, 5) is 24.4. The third-order valence-corrected chi connectivity index (χ3v) is 4.10. The first kappa shape index (κ1) is 16.9. The van der Waals surface area contributed by atoms with Gasteiger partial charge in [0.05, 0.1) is 4.92 Å². The first-order chi connectivity index (χ1) is 12.1. The van der Waals surface area contributed by atoms with Crippen LogP contribution in [0.1, 0.15) is 12.0 Å². The minimum absolute atomic E-state index is 0.0364. The average Bonchev–Trinajstić information content (AvgIpc) is 3.03. The summed E-state index contributed by atoms with van der Waals surface area (Å²) in [6.45, 7) is 2.54. The molecule has 1 atom stereocenters. The third-order valence-electron chi connectivity index (χ3n) is 4.10. The molecule has 1 saturated heterocycles. The number of nitrogens with one attached hydrogen (secondary N) is 1. The molecule has 3 rings (SSSR count). The first-order valence-electron chi connectivity index (χ1n) is 8.09. The number of hydrogen-bond donors (Lipinski definition) is 1. The van der Waals surface area contributed by atoms with Crippen molar-refractivity contribution in [1.29, 1.82) is 0 Å². The number of carbonyl (C=O) groups is 1. The zero-order chi connectivity index (χ0) is 17.6. The Bertz CT molecular complexity index is 734. The number of non-ortho nitro benzene ring substituents is 1. The summed E-state index contributed by atoms with van der Waals surface area (Å²) in [7, 11) is 0. The zero-order valence-corrected chi connectivity index (χ0v) is 13.6. The Hall–Kier alpha value is -2.93. The summed E-state index contributed by atoms with van der Waals surface area (Å²) < 4.78 is 5.17. The monoisotopic (exact) mass is 341 g/mol. The van der Waals surface area contributed by atoms with Crippen LogP contribution < -0.4 is 10.1 Å². The maximum absolute atomic E-state index is 12.0. The Labute approximate surface area is 145 Å². The van der Waals surface area contributed by atoms with E-state index in [0.29, 0.717) is 0 Å². The van der Waals surface area contributed by atoms with Gasteiger partial charge in [0.15, 0.2) is 0 Å². The Balaban J connectivity index is 1.46. The van der Waals surface area contributed by atoms with E-state index in [-0.39, 0.29) is 17.5 Å². The number of hydrogen-bond acceptors (Lipinski definition) is 5. The number of ether oxygens (including phenoxy) is 1. The van der Waals surface area contributed by atoms with Gasteiger partial charge in [0.1, 0.15) is 5.75 Å². The van der Waals surface area contributed by atoms with Crippen LogP contribution in [0.3, 0.4) is 0 Å². The van der Waals surface area contributed by atoms with Crippen molar-refractivity contribution in [3.05, 3.63) is 70.3 Å². The summed E-state index contributed by atoms with van der Waals surface area (Å²) in [6, 6.07) is 15.7. The standard InChI is InChI=1S/C18H19N3O4/c22-18(25-17-8-6-16(7-9-17)21(23)24)19-15-10-11-20(13-15)12-14-4-2-1-3-5-14/h1-9,15H,10-13H2,(H,19,22). The Morgan fingerprint density at radius 2 is 1.92 bits per heavy atom. The van der Waals surface area contributed by atoms with E-state index < -0.39 is 11.0 Å². The average molecular weight is 341 g/mol. The molecule has 2 aromatic carbocycles. The van der Waals surface area contributed by atoms with E-state index in [4.69, 9.17) is 4.74 Å². The number of nitrogens with zero attached hydrogens (tertiary/aromatic N) is 2. The van der Waals surface area contributed by atoms with Crippen molar-refractivity contribution in [2.75, 3.05) is 13.1 Å². The van der Waals surface area contributed by atoms with Gasteiger partial charge < -0.3 is 10.1 Å². The van der Waals surface area contributed by atoms with Gasteiger partial charge >= 0.3 is 6.09 Å². The van der Waals surface area contributed by atoms with Gasteiger partial charge in [0.25, 0.3) is 5.69 Å². The molecule has 7 nitrogen and oxygen atoms in total. The highest BCUT2D eigenvalue weighted by Gasteiger charge is 2.24. The molecule has 2 aromatic rings. The molecular weight excluding hydrogens is 322 g/mol. The van der Waals surface area contributed by atoms with Crippen LogP contribution in [-0.2, 0) is 6.54 Å². The molecule has 0 aliphatic carbocycles. The number of benzene rings is 2. The Kier molecular flexibility index (Phi) is 5.25. The van der Waals surface area contributed by atoms with Gasteiger partial charge in [-0.1, -0.05) is 30.3 Å². The molecule has 1 fully saturated rings. The van der Waals surface area contributed by atoms with Gasteiger partial charge in [-0.25, -0.2) is 4.79 Å². The molecule has 7 heteroatoms. The molecular formula is C18H19N3O4. The highest BCUT2D eigenvalue weighted by atomic mass is 16.6. The summed E-state index contributed by atoms with van der Waals surface area (Å²) in [5, 5.41) is 13.5. The van der Waals surface area contributed by atoms with Crippen LogP contribution in [0.25, 0.3) is 0 Å². The Morgan fingerprint density at radius 3 is 2.60 bits per heavy atom.